The zero-order valence-electron chi connectivity index (χ0n) is 3.44. The number of hydrogen-bond donors (Lipinski definition) is 0. The Bertz CT molecular complexity index is 48.5. The molecular weight excluding hydrogens is 441 g/mol. The fraction of sp³-hybridized carbons (Fsp3) is 0. The Hall–Kier alpha value is 1.46. The van der Waals surface area contributed by atoms with E-state index in [1.54, 1.807) is 0 Å². The third-order valence-electron chi connectivity index (χ3n) is 0. The van der Waals surface area contributed by atoms with Crippen molar-refractivity contribution in [2.75, 3.05) is 0 Å². The predicted octanol–water partition coefficient (Wildman–Crippen LogP) is 1.13. The van der Waals surface area contributed by atoms with Crippen molar-refractivity contribution in [2.24, 2.45) is 0 Å². The monoisotopic (exact) mass is 441 g/mol. The molecule has 0 unspecified atom stereocenters. The number of hydrogen-bond acceptors (Lipinski definition) is 3. The summed E-state index contributed by atoms with van der Waals surface area (Å²) < 4.78 is 0. The third-order valence-corrected chi connectivity index (χ3v) is 0. The van der Waals surface area contributed by atoms with Crippen molar-refractivity contribution < 1.29 is 49.6 Å². The summed E-state index contributed by atoms with van der Waals surface area (Å²) in [5, 5.41) is 14.8. The molecule has 0 aliphatic heterocycles. The van der Waals surface area contributed by atoms with Gasteiger partial charge in [0.15, 0.2) is 0 Å². The molecule has 0 heterocycles. The zero-order valence-corrected chi connectivity index (χ0v) is 11.9. The van der Waals surface area contributed by atoms with E-state index < -0.39 is 27.2 Å². The van der Waals surface area contributed by atoms with E-state index >= 15 is 0 Å². The average Bonchev–Trinajstić information content (AvgIpc) is 1.33. The van der Waals surface area contributed by atoms with E-state index in [0.29, 0.717) is 0 Å². The quantitative estimate of drug-likeness (QED) is 0.322. The van der Waals surface area contributed by atoms with Crippen LogP contribution in [0.25, 0.3) is 0 Å². The van der Waals surface area contributed by atoms with Crippen LogP contribution in [0.2, 0.25) is 0 Å². The average molecular weight is 441 g/mol. The second-order valence-electron chi connectivity index (χ2n) is 0.325. The van der Waals surface area contributed by atoms with Crippen LogP contribution in [0.3, 0.4) is 0 Å². The summed E-state index contributed by atoms with van der Waals surface area (Å²) in [7, 11) is 9.97. The van der Waals surface area contributed by atoms with Crippen LogP contribution in [0.1, 0.15) is 0 Å². The van der Waals surface area contributed by atoms with Crippen LogP contribution in [0.15, 0.2) is 0 Å². The summed E-state index contributed by atoms with van der Waals surface area (Å²) in [4.78, 5) is 8.25. The van der Waals surface area contributed by atoms with E-state index in [1.165, 1.54) is 0 Å². The summed E-state index contributed by atoms with van der Waals surface area (Å²) in [5.41, 5.74) is 0. The molecule has 0 aromatic carbocycles. The van der Waals surface area contributed by atoms with Crippen molar-refractivity contribution in [1.29, 1.82) is 0 Å². The van der Waals surface area contributed by atoms with E-state index in [0.717, 1.165) is 0 Å². The number of halogens is 2. The van der Waals surface area contributed by atoms with Crippen LogP contribution >= 0.6 is 16.5 Å². The Morgan fingerprint density at radius 2 is 1.38 bits per heavy atom. The van der Waals surface area contributed by atoms with Gasteiger partial charge < -0.3 is 15.3 Å². The molecule has 0 radical (unpaired) electrons. The van der Waals surface area contributed by atoms with Crippen molar-refractivity contribution >= 4 is 16.5 Å². The number of nitrogens with zero attached hydrogens (tertiary/aromatic N) is 1. The molecule has 0 saturated heterocycles. The summed E-state index contributed by atoms with van der Waals surface area (Å²) in [5.74, 6) is 0. The topological polar surface area (TPSA) is 66.2 Å². The fourth-order valence-corrected chi connectivity index (χ4v) is 0. The summed E-state index contributed by atoms with van der Waals surface area (Å²) >= 11 is -1.14. The molecule has 0 aliphatic rings. The van der Waals surface area contributed by atoms with Gasteiger partial charge in [-0.1, -0.05) is 0 Å². The summed E-state index contributed by atoms with van der Waals surface area (Å²) in [6, 6.07) is 0. The van der Waals surface area contributed by atoms with Crippen LogP contribution < -0.4 is 0 Å². The third kappa shape index (κ3) is 147. The first-order valence-electron chi connectivity index (χ1n) is 1.08. The standard InChI is InChI=1S/Ag.2ClH.Hg.NO3/c;;;;2-1(3)4/h;2*1H;;/q+1;;;+2;-1/p-2. The summed E-state index contributed by atoms with van der Waals surface area (Å²) in [6.45, 7) is 0. The molecule has 0 aromatic heterocycles. The van der Waals surface area contributed by atoms with Crippen molar-refractivity contribution in [3.8, 4) is 0 Å². The van der Waals surface area contributed by atoms with E-state index in [9.17, 15) is 0 Å². The molecular formula is AgCl2HgNO3. The molecule has 0 atom stereocenters. The first-order valence-corrected chi connectivity index (χ1v) is 14.6. The molecule has 0 N–H and O–H groups in total. The Morgan fingerprint density at radius 1 is 1.38 bits per heavy atom. The molecule has 0 fully saturated rings. The molecule has 50 valence electrons. The van der Waals surface area contributed by atoms with Gasteiger partial charge in [0.1, 0.15) is 0 Å². The van der Waals surface area contributed by atoms with Gasteiger partial charge in [-0.05, 0) is 0 Å². The van der Waals surface area contributed by atoms with Crippen molar-refractivity contribution in [1.82, 2.24) is 0 Å². The first kappa shape index (κ1) is 16.2. The molecule has 0 amide bonds. The SMILES string of the molecule is O=[N+]([O-])[O-].[Ag+].[Cl][Hg][Cl]. The van der Waals surface area contributed by atoms with Crippen LogP contribution in [0.4, 0.5) is 0 Å². The van der Waals surface area contributed by atoms with Crippen LogP contribution in [0, 0.1) is 15.3 Å². The van der Waals surface area contributed by atoms with Gasteiger partial charge in [0, 0.05) is 0 Å². The molecule has 0 saturated carbocycles. The number of rotatable bonds is 0. The zero-order chi connectivity index (χ0) is 6.28. The Labute approximate surface area is 80.5 Å². The maximum absolute atomic E-state index is 8.25. The van der Waals surface area contributed by atoms with Crippen molar-refractivity contribution in [2.45, 2.75) is 0 Å². The van der Waals surface area contributed by atoms with E-state index in [1.807, 2.05) is 0 Å². The van der Waals surface area contributed by atoms with Gasteiger partial charge in [-0.2, -0.15) is 0 Å². The van der Waals surface area contributed by atoms with Gasteiger partial charge in [0.25, 0.3) is 0 Å². The van der Waals surface area contributed by atoms with Crippen LogP contribution in [-0.4, -0.2) is 5.09 Å². The predicted molar refractivity (Wildman–Crippen MR) is 22.1 cm³/mol. The van der Waals surface area contributed by atoms with Gasteiger partial charge in [0.05, 0.1) is 5.09 Å². The van der Waals surface area contributed by atoms with E-state index in [4.69, 9.17) is 31.8 Å². The molecule has 0 bridgehead atoms. The molecule has 0 aromatic rings. The first-order chi connectivity index (χ1) is 3.15. The Kier molecular flexibility index (Phi) is 32.0. The molecule has 4 nitrogen and oxygen atoms in total. The second-order valence-corrected chi connectivity index (χ2v) is 8.20. The van der Waals surface area contributed by atoms with E-state index in [-0.39, 0.29) is 22.4 Å². The normalized spacial score (nSPS) is 4.25. The van der Waals surface area contributed by atoms with Crippen molar-refractivity contribution in [3.63, 3.8) is 0 Å². The maximum atomic E-state index is 8.25. The van der Waals surface area contributed by atoms with Crippen LogP contribution in [0.5, 0.6) is 0 Å². The molecule has 8 heteroatoms. The van der Waals surface area contributed by atoms with Crippen LogP contribution in [-0.2, 0) is 44.5 Å². The minimum absolute atomic E-state index is 0. The Balaban J connectivity index is -0.0000000575. The summed E-state index contributed by atoms with van der Waals surface area (Å²) in [6.07, 6.45) is 0. The Morgan fingerprint density at radius 3 is 1.38 bits per heavy atom. The van der Waals surface area contributed by atoms with Gasteiger partial charge in [-0.25, -0.2) is 0 Å². The van der Waals surface area contributed by atoms with Gasteiger partial charge >= 0.3 is 61.0 Å². The van der Waals surface area contributed by atoms with Gasteiger partial charge in [-0.15, -0.1) is 0 Å². The minimum atomic E-state index is -1.75. The molecule has 0 rings (SSSR count). The molecule has 8 heavy (non-hydrogen) atoms. The fourth-order valence-electron chi connectivity index (χ4n) is 0. The van der Waals surface area contributed by atoms with Gasteiger partial charge in [-0.3, -0.25) is 0 Å². The van der Waals surface area contributed by atoms with Crippen molar-refractivity contribution in [3.05, 3.63) is 15.3 Å². The van der Waals surface area contributed by atoms with E-state index in [2.05, 4.69) is 0 Å². The van der Waals surface area contributed by atoms with Gasteiger partial charge in [0.2, 0.25) is 0 Å². The molecule has 0 spiro atoms. The second kappa shape index (κ2) is 15.8. The molecule has 0 aliphatic carbocycles.